The highest BCUT2D eigenvalue weighted by molar-refractivity contribution is 7.29. The fourth-order valence-corrected chi connectivity index (χ4v) is 2.05. The van der Waals surface area contributed by atoms with E-state index in [1.54, 1.807) is 0 Å². The van der Waals surface area contributed by atoms with E-state index in [0.717, 1.165) is 0 Å². The summed E-state index contributed by atoms with van der Waals surface area (Å²) < 4.78 is 0. The van der Waals surface area contributed by atoms with Gasteiger partial charge in [-0.05, 0) is 27.7 Å². The van der Waals surface area contributed by atoms with E-state index in [-0.39, 0.29) is 5.41 Å². The molecule has 0 heterocycles. The highest BCUT2D eigenvalue weighted by atomic mass is 31.0. The summed E-state index contributed by atoms with van der Waals surface area (Å²) in [5.41, 5.74) is 1.64. The quantitative estimate of drug-likeness (QED) is 0.559. The molecule has 0 aromatic heterocycles. The molecule has 1 aromatic carbocycles. The van der Waals surface area contributed by atoms with Gasteiger partial charge >= 0.3 is 0 Å². The van der Waals surface area contributed by atoms with E-state index in [1.165, 1.54) is 16.2 Å². The van der Waals surface area contributed by atoms with Crippen LogP contribution in [-0.2, 0) is 5.41 Å². The maximum atomic E-state index is 2.74. The van der Waals surface area contributed by atoms with Crippen LogP contribution in [0.4, 0.5) is 0 Å². The molecule has 0 aliphatic heterocycles. The molecule has 12 heavy (non-hydrogen) atoms. The molecular weight excluding hydrogens is 182 g/mol. The molecule has 0 amide bonds. The van der Waals surface area contributed by atoms with Gasteiger partial charge in [-0.25, -0.2) is 0 Å². The smallest absolute Gasteiger partial charge is 0.0131 e. The Bertz CT molecular complexity index is 264. The third kappa shape index (κ3) is 2.54. The first kappa shape index (κ1) is 10.2. The van der Waals surface area contributed by atoms with Gasteiger partial charge in [-0.3, -0.25) is 0 Å². The van der Waals surface area contributed by atoms with Crippen LogP contribution in [0.25, 0.3) is 0 Å². The van der Waals surface area contributed by atoms with Crippen molar-refractivity contribution in [2.24, 2.45) is 0 Å². The first-order valence-electron chi connectivity index (χ1n) is 4.06. The minimum absolute atomic E-state index is 0.248. The van der Waals surface area contributed by atoms with E-state index >= 15 is 0 Å². The molecule has 2 heteroatoms. The van der Waals surface area contributed by atoms with Crippen LogP contribution in [0.5, 0.6) is 0 Å². The predicted molar refractivity (Wildman–Crippen MR) is 63.8 cm³/mol. The van der Waals surface area contributed by atoms with E-state index < -0.39 is 0 Å². The summed E-state index contributed by atoms with van der Waals surface area (Å²) in [5.74, 6) is 0. The SMILES string of the molecule is CC(C)(C)c1cc(P)cc(P)c1. The molecule has 0 spiro atoms. The summed E-state index contributed by atoms with van der Waals surface area (Å²) >= 11 is 0. The van der Waals surface area contributed by atoms with Crippen molar-refractivity contribution in [3.05, 3.63) is 23.8 Å². The molecule has 0 nitrogen and oxygen atoms in total. The highest BCUT2D eigenvalue weighted by Crippen LogP contribution is 2.20. The van der Waals surface area contributed by atoms with Crippen molar-refractivity contribution >= 4 is 29.1 Å². The summed E-state index contributed by atoms with van der Waals surface area (Å²) in [6.45, 7) is 6.70. The number of hydrogen-bond donors (Lipinski definition) is 0. The molecule has 0 aliphatic rings. The lowest BCUT2D eigenvalue weighted by atomic mass is 9.87. The molecule has 1 aromatic rings. The Balaban J connectivity index is 3.18. The lowest BCUT2D eigenvalue weighted by Gasteiger charge is -2.20. The number of benzene rings is 1. The zero-order valence-electron chi connectivity index (χ0n) is 7.89. The van der Waals surface area contributed by atoms with Gasteiger partial charge in [0.05, 0.1) is 0 Å². The van der Waals surface area contributed by atoms with Gasteiger partial charge in [-0.1, -0.05) is 32.9 Å². The topological polar surface area (TPSA) is 0 Å². The maximum Gasteiger partial charge on any atom is -0.0131 e. The van der Waals surface area contributed by atoms with Crippen molar-refractivity contribution in [3.8, 4) is 0 Å². The third-order valence-corrected chi connectivity index (χ3v) is 2.51. The molecule has 2 atom stereocenters. The first-order valence-corrected chi connectivity index (χ1v) is 5.21. The van der Waals surface area contributed by atoms with E-state index in [1.807, 2.05) is 0 Å². The fraction of sp³-hybridized carbons (Fsp3) is 0.400. The Kier molecular flexibility index (Phi) is 2.92. The summed E-state index contributed by atoms with van der Waals surface area (Å²) in [4.78, 5) is 0. The molecule has 2 unspecified atom stereocenters. The van der Waals surface area contributed by atoms with Crippen molar-refractivity contribution < 1.29 is 0 Å². The van der Waals surface area contributed by atoms with Crippen LogP contribution in [0.1, 0.15) is 26.3 Å². The van der Waals surface area contributed by atoms with Crippen LogP contribution in [0.15, 0.2) is 18.2 Å². The second-order valence-electron chi connectivity index (χ2n) is 4.14. The van der Waals surface area contributed by atoms with E-state index in [4.69, 9.17) is 0 Å². The molecule has 0 saturated heterocycles. The van der Waals surface area contributed by atoms with Gasteiger partial charge in [0.2, 0.25) is 0 Å². The Morgan fingerprint density at radius 3 is 1.67 bits per heavy atom. The molecule has 66 valence electrons. The molecule has 0 aliphatic carbocycles. The van der Waals surface area contributed by atoms with Gasteiger partial charge in [0.25, 0.3) is 0 Å². The second kappa shape index (κ2) is 3.44. The van der Waals surface area contributed by atoms with Gasteiger partial charge in [-0.2, -0.15) is 0 Å². The Morgan fingerprint density at radius 2 is 1.33 bits per heavy atom. The van der Waals surface area contributed by atoms with Crippen molar-refractivity contribution in [2.45, 2.75) is 26.2 Å². The normalized spacial score (nSPS) is 11.8. The van der Waals surface area contributed by atoms with E-state index in [2.05, 4.69) is 57.4 Å². The van der Waals surface area contributed by atoms with Crippen LogP contribution in [-0.4, -0.2) is 0 Å². The third-order valence-electron chi connectivity index (χ3n) is 1.84. The molecule has 0 fully saturated rings. The van der Waals surface area contributed by atoms with Crippen molar-refractivity contribution in [1.29, 1.82) is 0 Å². The zero-order chi connectivity index (χ0) is 9.35. The standard InChI is InChI=1S/C10H16P2/c1-10(2,3)7-4-8(11)6-9(12)5-7/h4-6H,11-12H2,1-3H3. The van der Waals surface area contributed by atoms with Crippen LogP contribution in [0.2, 0.25) is 0 Å². The monoisotopic (exact) mass is 198 g/mol. The molecular formula is C10H16P2. The zero-order valence-corrected chi connectivity index (χ0v) is 10.2. The van der Waals surface area contributed by atoms with Gasteiger partial charge in [0.1, 0.15) is 0 Å². The molecule has 0 N–H and O–H groups in total. The van der Waals surface area contributed by atoms with Crippen molar-refractivity contribution in [2.75, 3.05) is 0 Å². The lowest BCUT2D eigenvalue weighted by Crippen LogP contribution is -2.16. The largest absolute Gasteiger partial charge is 0.106 e. The molecule has 0 saturated carbocycles. The lowest BCUT2D eigenvalue weighted by molar-refractivity contribution is 0.591. The van der Waals surface area contributed by atoms with Gasteiger partial charge in [0.15, 0.2) is 0 Å². The van der Waals surface area contributed by atoms with Crippen molar-refractivity contribution in [1.82, 2.24) is 0 Å². The van der Waals surface area contributed by atoms with E-state index in [0.29, 0.717) is 0 Å². The number of hydrogen-bond acceptors (Lipinski definition) is 0. The summed E-state index contributed by atoms with van der Waals surface area (Å²) in [5, 5.41) is 2.51. The molecule has 1 rings (SSSR count). The van der Waals surface area contributed by atoms with Gasteiger partial charge in [0, 0.05) is 0 Å². The Morgan fingerprint density at radius 1 is 0.917 bits per heavy atom. The summed E-state index contributed by atoms with van der Waals surface area (Å²) in [6, 6.07) is 6.58. The number of rotatable bonds is 0. The average Bonchev–Trinajstić information content (AvgIpc) is 1.82. The fourth-order valence-electron chi connectivity index (χ4n) is 1.11. The van der Waals surface area contributed by atoms with Crippen LogP contribution in [0, 0.1) is 0 Å². The minimum atomic E-state index is 0.248. The summed E-state index contributed by atoms with van der Waals surface area (Å²) in [6.07, 6.45) is 0. The minimum Gasteiger partial charge on any atom is -0.106 e. The Labute approximate surface area is 79.6 Å². The van der Waals surface area contributed by atoms with Gasteiger partial charge in [-0.15, -0.1) is 18.5 Å². The molecule has 0 radical (unpaired) electrons. The maximum absolute atomic E-state index is 2.74. The van der Waals surface area contributed by atoms with Crippen LogP contribution < -0.4 is 10.6 Å². The average molecular weight is 198 g/mol. The second-order valence-corrected chi connectivity index (χ2v) is 5.47. The van der Waals surface area contributed by atoms with Crippen molar-refractivity contribution in [3.63, 3.8) is 0 Å². The van der Waals surface area contributed by atoms with Gasteiger partial charge < -0.3 is 0 Å². The van der Waals surface area contributed by atoms with Crippen LogP contribution >= 0.6 is 18.5 Å². The van der Waals surface area contributed by atoms with E-state index in [9.17, 15) is 0 Å². The van der Waals surface area contributed by atoms with Crippen LogP contribution in [0.3, 0.4) is 0 Å². The summed E-state index contributed by atoms with van der Waals surface area (Å²) in [7, 11) is 5.48. The first-order chi connectivity index (χ1) is 5.39. The highest BCUT2D eigenvalue weighted by Gasteiger charge is 2.13. The molecule has 0 bridgehead atoms. The Hall–Kier alpha value is 0.0800. The predicted octanol–water partition coefficient (Wildman–Crippen LogP) is 1.98.